The topological polar surface area (TPSA) is 53.6 Å². The minimum Gasteiger partial charge on any atom is -0.493 e. The highest BCUT2D eigenvalue weighted by Gasteiger charge is 2.02. The third kappa shape index (κ3) is 10.4. The minimum absolute atomic E-state index is 0. The van der Waals surface area contributed by atoms with E-state index in [1.54, 1.807) is 7.05 Å². The van der Waals surface area contributed by atoms with Gasteiger partial charge >= 0.3 is 0 Å². The van der Waals surface area contributed by atoms with Crippen molar-refractivity contribution in [1.29, 1.82) is 0 Å². The number of carbonyl (C=O) groups excluding carboxylic acids is 1. The predicted molar refractivity (Wildman–Crippen MR) is 92.2 cm³/mol. The van der Waals surface area contributed by atoms with Gasteiger partial charge in [0.1, 0.15) is 5.75 Å². The van der Waals surface area contributed by atoms with Crippen LogP contribution in [0.25, 0.3) is 0 Å². The van der Waals surface area contributed by atoms with Crippen LogP contribution in [0, 0.1) is 0 Å². The molecule has 0 radical (unpaired) electrons. The summed E-state index contributed by atoms with van der Waals surface area (Å²) in [6, 6.07) is 7.45. The lowest BCUT2D eigenvalue weighted by Gasteiger charge is -2.11. The number of halogens is 2. The van der Waals surface area contributed by atoms with Crippen LogP contribution < -0.4 is 15.4 Å². The number of benzene rings is 1. The number of likely N-dealkylation sites (N-methyl/N-ethyl adjacent to an activating group) is 1. The molecule has 0 atom stereocenters. The Morgan fingerprint density at radius 1 is 1.29 bits per heavy atom. The molecule has 1 rings (SSSR count). The maximum Gasteiger partial charge on any atom is 0.238 e. The van der Waals surface area contributed by atoms with Crippen LogP contribution in [0.2, 0.25) is 0 Å². The average Bonchev–Trinajstić information content (AvgIpc) is 2.35. The molecule has 0 saturated carbocycles. The number of hydrogen-bond acceptors (Lipinski definition) is 4. The highest BCUT2D eigenvalue weighted by Crippen LogP contribution is 2.17. The third-order valence-electron chi connectivity index (χ3n) is 2.47. The Balaban J connectivity index is 0. The Labute approximate surface area is 139 Å². The smallest absolute Gasteiger partial charge is 0.238 e. The molecule has 0 aromatic heterocycles. The van der Waals surface area contributed by atoms with Crippen molar-refractivity contribution in [3.63, 3.8) is 0 Å². The summed E-state index contributed by atoms with van der Waals surface area (Å²) in [5, 5.41) is 5.61. The van der Waals surface area contributed by atoms with E-state index in [0.29, 0.717) is 13.2 Å². The van der Waals surface area contributed by atoms with E-state index in [4.69, 9.17) is 4.74 Å². The maximum absolute atomic E-state index is 11.4. The van der Waals surface area contributed by atoms with Gasteiger partial charge in [-0.1, -0.05) is 6.07 Å². The molecule has 0 aliphatic heterocycles. The summed E-state index contributed by atoms with van der Waals surface area (Å²) in [5.74, 6) is 0.716. The van der Waals surface area contributed by atoms with E-state index in [0.717, 1.165) is 24.4 Å². The molecule has 0 heterocycles. The molecule has 7 heteroatoms. The van der Waals surface area contributed by atoms with Crippen molar-refractivity contribution in [3.05, 3.63) is 24.3 Å². The fraction of sp³-hybridized carbons (Fsp3) is 0.500. The van der Waals surface area contributed by atoms with Gasteiger partial charge in [0.25, 0.3) is 0 Å². The largest absolute Gasteiger partial charge is 0.493 e. The maximum atomic E-state index is 11.4. The SMILES string of the molecule is CNCC(=O)Nc1cccc(OCCCN(C)C)c1.Cl.Cl. The molecule has 0 spiro atoms. The van der Waals surface area contributed by atoms with Crippen molar-refractivity contribution >= 4 is 36.4 Å². The molecule has 122 valence electrons. The standard InChI is InChI=1S/C14H23N3O2.2ClH/c1-15-11-14(18)16-12-6-4-7-13(10-12)19-9-5-8-17(2)3;;/h4,6-7,10,15H,5,8-9,11H2,1-3H3,(H,16,18);2*1H. The average molecular weight is 338 g/mol. The summed E-state index contributed by atoms with van der Waals surface area (Å²) < 4.78 is 5.65. The highest BCUT2D eigenvalue weighted by molar-refractivity contribution is 5.92. The van der Waals surface area contributed by atoms with Gasteiger partial charge in [-0.3, -0.25) is 4.79 Å². The molecule has 1 aromatic carbocycles. The molecular weight excluding hydrogens is 313 g/mol. The first-order valence-corrected chi connectivity index (χ1v) is 6.44. The number of ether oxygens (including phenoxy) is 1. The number of amides is 1. The van der Waals surface area contributed by atoms with Crippen LogP contribution in [-0.2, 0) is 4.79 Å². The zero-order valence-electron chi connectivity index (χ0n) is 12.7. The number of anilines is 1. The molecule has 21 heavy (non-hydrogen) atoms. The lowest BCUT2D eigenvalue weighted by molar-refractivity contribution is -0.115. The molecule has 5 nitrogen and oxygen atoms in total. The molecule has 0 fully saturated rings. The molecule has 1 amide bonds. The summed E-state index contributed by atoms with van der Waals surface area (Å²) in [7, 11) is 5.82. The van der Waals surface area contributed by atoms with Crippen LogP contribution in [0.15, 0.2) is 24.3 Å². The Kier molecular flexibility index (Phi) is 13.5. The molecule has 0 saturated heterocycles. The van der Waals surface area contributed by atoms with Crippen LogP contribution in [0.5, 0.6) is 5.75 Å². The number of rotatable bonds is 8. The van der Waals surface area contributed by atoms with Gasteiger partial charge in [-0.15, -0.1) is 24.8 Å². The third-order valence-corrected chi connectivity index (χ3v) is 2.47. The second-order valence-electron chi connectivity index (χ2n) is 4.61. The number of nitrogens with zero attached hydrogens (tertiary/aromatic N) is 1. The highest BCUT2D eigenvalue weighted by atomic mass is 35.5. The second-order valence-corrected chi connectivity index (χ2v) is 4.61. The second kappa shape index (κ2) is 12.7. The molecule has 0 bridgehead atoms. The molecule has 0 aliphatic carbocycles. The van der Waals surface area contributed by atoms with Gasteiger partial charge < -0.3 is 20.3 Å². The first-order chi connectivity index (χ1) is 9.11. The van der Waals surface area contributed by atoms with E-state index in [9.17, 15) is 4.79 Å². The van der Waals surface area contributed by atoms with Crippen molar-refractivity contribution in [1.82, 2.24) is 10.2 Å². The minimum atomic E-state index is -0.0627. The summed E-state index contributed by atoms with van der Waals surface area (Å²) in [4.78, 5) is 13.6. The first-order valence-electron chi connectivity index (χ1n) is 6.44. The first kappa shape index (κ1) is 22.3. The predicted octanol–water partition coefficient (Wildman–Crippen LogP) is 2.02. The molecule has 1 aromatic rings. The van der Waals surface area contributed by atoms with E-state index in [2.05, 4.69) is 15.5 Å². The summed E-state index contributed by atoms with van der Waals surface area (Å²) >= 11 is 0. The lowest BCUT2D eigenvalue weighted by atomic mass is 10.3. The Hall–Kier alpha value is -1.01. The Morgan fingerprint density at radius 3 is 2.62 bits per heavy atom. The zero-order chi connectivity index (χ0) is 14.1. The molecule has 0 unspecified atom stereocenters. The van der Waals surface area contributed by atoms with Gasteiger partial charge in [-0.05, 0) is 39.7 Å². The van der Waals surface area contributed by atoms with Crippen LogP contribution in [0.3, 0.4) is 0 Å². The van der Waals surface area contributed by atoms with Gasteiger partial charge in [0.05, 0.1) is 13.2 Å². The number of hydrogen-bond donors (Lipinski definition) is 2. The van der Waals surface area contributed by atoms with Crippen molar-refractivity contribution in [2.24, 2.45) is 0 Å². The lowest BCUT2D eigenvalue weighted by Crippen LogP contribution is -2.25. The van der Waals surface area contributed by atoms with E-state index < -0.39 is 0 Å². The number of nitrogens with one attached hydrogen (secondary N) is 2. The fourth-order valence-electron chi connectivity index (χ4n) is 1.60. The van der Waals surface area contributed by atoms with Crippen molar-refractivity contribution in [2.45, 2.75) is 6.42 Å². The molecule has 2 N–H and O–H groups in total. The summed E-state index contributed by atoms with van der Waals surface area (Å²) in [6.45, 7) is 1.97. The van der Waals surface area contributed by atoms with E-state index >= 15 is 0 Å². The number of carbonyl (C=O) groups is 1. The van der Waals surface area contributed by atoms with Gasteiger partial charge in [0, 0.05) is 18.3 Å². The zero-order valence-corrected chi connectivity index (χ0v) is 14.4. The van der Waals surface area contributed by atoms with Crippen LogP contribution in [0.4, 0.5) is 5.69 Å². The fourth-order valence-corrected chi connectivity index (χ4v) is 1.60. The molecular formula is C14H25Cl2N3O2. The van der Waals surface area contributed by atoms with Gasteiger partial charge in [-0.2, -0.15) is 0 Å². The summed E-state index contributed by atoms with van der Waals surface area (Å²) in [6.07, 6.45) is 0.976. The van der Waals surface area contributed by atoms with Gasteiger partial charge in [0.15, 0.2) is 0 Å². The van der Waals surface area contributed by atoms with Gasteiger partial charge in [-0.25, -0.2) is 0 Å². The van der Waals surface area contributed by atoms with E-state index in [1.165, 1.54) is 0 Å². The van der Waals surface area contributed by atoms with Crippen LogP contribution in [0.1, 0.15) is 6.42 Å². The van der Waals surface area contributed by atoms with E-state index in [-0.39, 0.29) is 30.7 Å². The summed E-state index contributed by atoms with van der Waals surface area (Å²) in [5.41, 5.74) is 0.755. The monoisotopic (exact) mass is 337 g/mol. The van der Waals surface area contributed by atoms with Crippen LogP contribution >= 0.6 is 24.8 Å². The van der Waals surface area contributed by atoms with Crippen molar-refractivity contribution in [2.75, 3.05) is 46.2 Å². The quantitative estimate of drug-likeness (QED) is 0.712. The van der Waals surface area contributed by atoms with Gasteiger partial charge in [0.2, 0.25) is 5.91 Å². The Bertz CT molecular complexity index is 404. The van der Waals surface area contributed by atoms with Crippen LogP contribution in [-0.4, -0.2) is 51.6 Å². The van der Waals surface area contributed by atoms with Crippen molar-refractivity contribution < 1.29 is 9.53 Å². The van der Waals surface area contributed by atoms with E-state index in [1.807, 2.05) is 38.4 Å². The molecule has 0 aliphatic rings. The van der Waals surface area contributed by atoms with Crippen molar-refractivity contribution in [3.8, 4) is 5.75 Å². The normalized spacial score (nSPS) is 9.52. The Morgan fingerprint density at radius 2 is 2.00 bits per heavy atom.